The van der Waals surface area contributed by atoms with Gasteiger partial charge in [-0.15, -0.1) is 9.55 Å². The van der Waals surface area contributed by atoms with E-state index in [2.05, 4.69) is 15.4 Å². The molecule has 2 aromatic heterocycles. The average molecular weight is 329 g/mol. The van der Waals surface area contributed by atoms with E-state index in [-0.39, 0.29) is 12.3 Å². The first-order valence-electron chi connectivity index (χ1n) is 6.69. The summed E-state index contributed by atoms with van der Waals surface area (Å²) in [4.78, 5) is 28.0. The van der Waals surface area contributed by atoms with Crippen molar-refractivity contribution in [3.05, 3.63) is 58.0 Å². The van der Waals surface area contributed by atoms with E-state index in [0.29, 0.717) is 5.56 Å². The van der Waals surface area contributed by atoms with E-state index >= 15 is 0 Å². The summed E-state index contributed by atoms with van der Waals surface area (Å²) in [6, 6.07) is 5.45. The summed E-state index contributed by atoms with van der Waals surface area (Å²) in [5.41, 5.74) is -0.803. The van der Waals surface area contributed by atoms with Crippen molar-refractivity contribution in [3.63, 3.8) is 0 Å². The second-order valence-electron chi connectivity index (χ2n) is 4.79. The van der Waals surface area contributed by atoms with E-state index in [1.54, 1.807) is 6.19 Å². The van der Waals surface area contributed by atoms with Crippen molar-refractivity contribution in [1.82, 2.24) is 19.9 Å². The molecule has 9 nitrogen and oxygen atoms in total. The van der Waals surface area contributed by atoms with Gasteiger partial charge in [-0.25, -0.2) is 9.49 Å². The molecule has 1 amide bonds. The van der Waals surface area contributed by atoms with Crippen LogP contribution in [0.2, 0.25) is 0 Å². The Hall–Kier alpha value is -3.74. The Morgan fingerprint density at radius 1 is 1.46 bits per heavy atom. The van der Waals surface area contributed by atoms with Crippen LogP contribution in [0.4, 0.5) is 4.39 Å². The molecule has 0 spiro atoms. The predicted molar refractivity (Wildman–Crippen MR) is 76.3 cm³/mol. The fourth-order valence-electron chi connectivity index (χ4n) is 2.05. The molecule has 3 aromatic rings. The van der Waals surface area contributed by atoms with Crippen LogP contribution >= 0.6 is 0 Å². The lowest BCUT2D eigenvalue weighted by molar-refractivity contribution is -0.561. The van der Waals surface area contributed by atoms with E-state index in [1.165, 1.54) is 24.3 Å². The molecule has 0 atom stereocenters. The topological polar surface area (TPSA) is 127 Å². The minimum atomic E-state index is -0.916. The van der Waals surface area contributed by atoms with Gasteiger partial charge in [0.1, 0.15) is 5.82 Å². The standard InChI is InChI=1S/C14H9FN6O3/c15-9-3-1-8(2-4-9)5-17-12(23)10-11(22)13(24)21-14(19-10)20(6-16)7-18-21/h1-4,7H,5H2,(H2,17,22,23)/p+1. The number of nitrogens with one attached hydrogen (secondary N) is 2. The second kappa shape index (κ2) is 5.81. The quantitative estimate of drug-likeness (QED) is 0.554. The minimum absolute atomic E-state index is 0.0466. The van der Waals surface area contributed by atoms with Crippen LogP contribution in [0.5, 0.6) is 5.75 Å². The summed E-state index contributed by atoms with van der Waals surface area (Å²) in [6.45, 7) is 0.0466. The van der Waals surface area contributed by atoms with Gasteiger partial charge in [0.15, 0.2) is 6.33 Å². The van der Waals surface area contributed by atoms with Gasteiger partial charge >= 0.3 is 17.5 Å². The number of halogens is 1. The number of rotatable bonds is 3. The highest BCUT2D eigenvalue weighted by Crippen LogP contribution is 2.09. The van der Waals surface area contributed by atoms with Crippen LogP contribution in [0, 0.1) is 17.3 Å². The molecule has 0 aliphatic carbocycles. The first-order chi connectivity index (χ1) is 11.5. The van der Waals surface area contributed by atoms with Crippen molar-refractivity contribution in [2.24, 2.45) is 0 Å². The van der Waals surface area contributed by atoms with Crippen LogP contribution in [0.15, 0.2) is 35.4 Å². The highest BCUT2D eigenvalue weighted by molar-refractivity contribution is 5.94. The maximum Gasteiger partial charge on any atom is 0.372 e. The van der Waals surface area contributed by atoms with E-state index in [9.17, 15) is 19.1 Å². The van der Waals surface area contributed by atoms with Gasteiger partial charge < -0.3 is 10.4 Å². The van der Waals surface area contributed by atoms with E-state index in [0.717, 1.165) is 15.4 Å². The Bertz CT molecular complexity index is 1030. The first kappa shape index (κ1) is 15.2. The Morgan fingerprint density at radius 3 is 2.83 bits per heavy atom. The molecule has 3 rings (SSSR count). The highest BCUT2D eigenvalue weighted by Gasteiger charge is 2.25. The van der Waals surface area contributed by atoms with Gasteiger partial charge in [-0.2, -0.15) is 0 Å². The summed E-state index contributed by atoms with van der Waals surface area (Å²) >= 11 is 0. The van der Waals surface area contributed by atoms with Crippen LogP contribution in [0.3, 0.4) is 0 Å². The summed E-state index contributed by atoms with van der Waals surface area (Å²) < 4.78 is 14.6. The van der Waals surface area contributed by atoms with Gasteiger partial charge in [0.25, 0.3) is 5.91 Å². The molecule has 0 unspecified atom stereocenters. The van der Waals surface area contributed by atoms with Gasteiger partial charge in [-0.3, -0.25) is 9.59 Å². The molecule has 0 saturated carbocycles. The number of benzene rings is 1. The predicted octanol–water partition coefficient (Wildman–Crippen LogP) is -0.586. The SMILES string of the molecule is N#C[n+]1c[nH]n2c(=O)c(O)c(C(=O)NCc3ccc(F)cc3)nc21. The number of hydrogen-bond acceptors (Lipinski definition) is 5. The Kier molecular flexibility index (Phi) is 3.67. The molecule has 0 radical (unpaired) electrons. The van der Waals surface area contributed by atoms with E-state index in [4.69, 9.17) is 5.26 Å². The second-order valence-corrected chi connectivity index (χ2v) is 4.79. The zero-order valence-corrected chi connectivity index (χ0v) is 12.0. The van der Waals surface area contributed by atoms with Crippen molar-refractivity contribution in [2.75, 3.05) is 0 Å². The van der Waals surface area contributed by atoms with Gasteiger partial charge in [-0.1, -0.05) is 16.6 Å². The lowest BCUT2D eigenvalue weighted by Gasteiger charge is -2.04. The normalized spacial score (nSPS) is 10.5. The molecule has 0 aliphatic rings. The maximum atomic E-state index is 12.8. The number of nitrogens with zero attached hydrogens (tertiary/aromatic N) is 4. The van der Waals surface area contributed by atoms with Crippen LogP contribution < -0.4 is 15.4 Å². The zero-order chi connectivity index (χ0) is 17.3. The Labute approximate surface area is 133 Å². The highest BCUT2D eigenvalue weighted by atomic mass is 19.1. The Morgan fingerprint density at radius 2 is 2.17 bits per heavy atom. The minimum Gasteiger partial charge on any atom is -0.500 e. The molecule has 0 fully saturated rings. The number of carbonyl (C=O) groups is 1. The number of amides is 1. The van der Waals surface area contributed by atoms with Crippen molar-refractivity contribution in [2.45, 2.75) is 6.54 Å². The monoisotopic (exact) mass is 329 g/mol. The number of carbonyl (C=O) groups excluding carboxylic acids is 1. The lowest BCUT2D eigenvalue weighted by Crippen LogP contribution is -2.32. The van der Waals surface area contributed by atoms with Crippen LogP contribution in [-0.4, -0.2) is 25.6 Å². The molecule has 2 heterocycles. The number of aromatic amines is 1. The average Bonchev–Trinajstić information content (AvgIpc) is 3.00. The van der Waals surface area contributed by atoms with Crippen molar-refractivity contribution in [3.8, 4) is 11.9 Å². The van der Waals surface area contributed by atoms with Crippen molar-refractivity contribution < 1.29 is 18.9 Å². The van der Waals surface area contributed by atoms with Gasteiger partial charge in [0, 0.05) is 6.54 Å². The lowest BCUT2D eigenvalue weighted by atomic mass is 10.2. The third-order valence-electron chi connectivity index (χ3n) is 3.26. The van der Waals surface area contributed by atoms with Crippen LogP contribution in [0.25, 0.3) is 5.78 Å². The largest absolute Gasteiger partial charge is 0.500 e. The summed E-state index contributed by atoms with van der Waals surface area (Å²) in [5, 5.41) is 23.7. The smallest absolute Gasteiger partial charge is 0.372 e. The van der Waals surface area contributed by atoms with E-state index < -0.39 is 28.7 Å². The molecule has 24 heavy (non-hydrogen) atoms. The van der Waals surface area contributed by atoms with Crippen LogP contribution in [-0.2, 0) is 6.54 Å². The first-order valence-corrected chi connectivity index (χ1v) is 6.69. The number of H-pyrrole nitrogens is 1. The molecule has 120 valence electrons. The molecule has 0 bridgehead atoms. The fourth-order valence-corrected chi connectivity index (χ4v) is 2.05. The number of hydrogen-bond donors (Lipinski definition) is 3. The zero-order valence-electron chi connectivity index (χ0n) is 12.0. The number of fused-ring (bicyclic) bond motifs is 1. The Balaban J connectivity index is 1.92. The van der Waals surface area contributed by atoms with Crippen molar-refractivity contribution in [1.29, 1.82) is 5.26 Å². The summed E-state index contributed by atoms with van der Waals surface area (Å²) in [6.07, 6.45) is 2.90. The van der Waals surface area contributed by atoms with Gasteiger partial charge in [0.2, 0.25) is 11.4 Å². The molecular formula is C14H10FN6O3+. The van der Waals surface area contributed by atoms with E-state index in [1.807, 2.05) is 0 Å². The third kappa shape index (κ3) is 2.54. The van der Waals surface area contributed by atoms with Gasteiger partial charge in [-0.05, 0) is 23.0 Å². The van der Waals surface area contributed by atoms with Crippen molar-refractivity contribution >= 4 is 11.7 Å². The number of nitriles is 1. The van der Waals surface area contributed by atoms with Gasteiger partial charge in [0.05, 0.1) is 0 Å². The molecule has 3 N–H and O–H groups in total. The fraction of sp³-hybridized carbons (Fsp3) is 0.0714. The number of aromatic hydroxyl groups is 1. The molecular weight excluding hydrogens is 319 g/mol. The molecule has 1 aromatic carbocycles. The third-order valence-corrected chi connectivity index (χ3v) is 3.26. The number of aromatic nitrogens is 4. The summed E-state index contributed by atoms with van der Waals surface area (Å²) in [5.74, 6) is -2.21. The molecule has 0 saturated heterocycles. The maximum absolute atomic E-state index is 12.8. The molecule has 0 aliphatic heterocycles. The molecule has 10 heteroatoms. The summed E-state index contributed by atoms with van der Waals surface area (Å²) in [7, 11) is 0. The van der Waals surface area contributed by atoms with Crippen LogP contribution in [0.1, 0.15) is 16.1 Å².